The zero-order valence-electron chi connectivity index (χ0n) is 13.8. The third-order valence-corrected chi connectivity index (χ3v) is 4.12. The lowest BCUT2D eigenvalue weighted by molar-refractivity contribution is 0.415. The standard InChI is InChI=1S/C21H17N3O/c1-25-20-12-10-15-6-2-4-8-17(15)18(20)14-22-24-21-13-11-16-7-3-5-9-19(16)23-21/h2-14H,1H3,(H,23,24)/b22-14-. The fourth-order valence-electron chi connectivity index (χ4n) is 2.88. The molecule has 4 nitrogen and oxygen atoms in total. The van der Waals surface area contributed by atoms with E-state index in [1.807, 2.05) is 60.7 Å². The number of fused-ring (bicyclic) bond motifs is 2. The van der Waals surface area contributed by atoms with Crippen LogP contribution in [0.25, 0.3) is 21.7 Å². The van der Waals surface area contributed by atoms with E-state index >= 15 is 0 Å². The molecule has 25 heavy (non-hydrogen) atoms. The summed E-state index contributed by atoms with van der Waals surface area (Å²) in [6, 6.07) is 24.1. The predicted octanol–water partition coefficient (Wildman–Crippen LogP) is 4.84. The van der Waals surface area contributed by atoms with E-state index in [4.69, 9.17) is 4.74 Å². The summed E-state index contributed by atoms with van der Waals surface area (Å²) in [6.45, 7) is 0. The number of rotatable bonds is 4. The van der Waals surface area contributed by atoms with Crippen LogP contribution < -0.4 is 10.2 Å². The van der Waals surface area contributed by atoms with Crippen molar-refractivity contribution in [2.75, 3.05) is 12.5 Å². The van der Waals surface area contributed by atoms with Gasteiger partial charge in [-0.3, -0.25) is 5.43 Å². The molecule has 4 heteroatoms. The van der Waals surface area contributed by atoms with E-state index in [-0.39, 0.29) is 0 Å². The van der Waals surface area contributed by atoms with Gasteiger partial charge in [-0.25, -0.2) is 4.98 Å². The fraction of sp³-hybridized carbons (Fsp3) is 0.0476. The Morgan fingerprint density at radius 3 is 2.52 bits per heavy atom. The third kappa shape index (κ3) is 3.02. The minimum absolute atomic E-state index is 0.703. The van der Waals surface area contributed by atoms with E-state index in [1.54, 1.807) is 13.3 Å². The second kappa shape index (κ2) is 6.61. The van der Waals surface area contributed by atoms with Crippen LogP contribution >= 0.6 is 0 Å². The van der Waals surface area contributed by atoms with Gasteiger partial charge in [0.1, 0.15) is 11.6 Å². The topological polar surface area (TPSA) is 46.5 Å². The summed E-state index contributed by atoms with van der Waals surface area (Å²) in [5.41, 5.74) is 4.88. The van der Waals surface area contributed by atoms with Crippen LogP contribution in [0.4, 0.5) is 5.82 Å². The van der Waals surface area contributed by atoms with Crippen LogP contribution in [-0.2, 0) is 0 Å². The van der Waals surface area contributed by atoms with Gasteiger partial charge in [0, 0.05) is 10.9 Å². The van der Waals surface area contributed by atoms with Crippen molar-refractivity contribution in [1.82, 2.24) is 4.98 Å². The normalized spacial score (nSPS) is 11.2. The number of pyridine rings is 1. The Kier molecular flexibility index (Phi) is 4.01. The lowest BCUT2D eigenvalue weighted by atomic mass is 10.0. The van der Waals surface area contributed by atoms with Gasteiger partial charge in [-0.05, 0) is 35.0 Å². The zero-order chi connectivity index (χ0) is 17.1. The summed E-state index contributed by atoms with van der Waals surface area (Å²) in [5.74, 6) is 1.49. The van der Waals surface area contributed by atoms with Crippen molar-refractivity contribution < 1.29 is 4.74 Å². The molecule has 1 heterocycles. The molecule has 0 saturated carbocycles. The molecule has 4 rings (SSSR count). The molecular formula is C21H17N3O. The highest BCUT2D eigenvalue weighted by Gasteiger charge is 2.05. The van der Waals surface area contributed by atoms with Crippen LogP contribution in [0.2, 0.25) is 0 Å². The van der Waals surface area contributed by atoms with Gasteiger partial charge in [0.05, 0.1) is 18.8 Å². The smallest absolute Gasteiger partial charge is 0.146 e. The van der Waals surface area contributed by atoms with Gasteiger partial charge in [-0.2, -0.15) is 5.10 Å². The molecule has 0 aliphatic rings. The van der Waals surface area contributed by atoms with E-state index in [0.29, 0.717) is 5.82 Å². The lowest BCUT2D eigenvalue weighted by Gasteiger charge is -2.08. The highest BCUT2D eigenvalue weighted by molar-refractivity contribution is 6.02. The van der Waals surface area contributed by atoms with Crippen LogP contribution in [0.15, 0.2) is 77.9 Å². The monoisotopic (exact) mass is 327 g/mol. The van der Waals surface area contributed by atoms with Gasteiger partial charge in [0.25, 0.3) is 0 Å². The zero-order valence-corrected chi connectivity index (χ0v) is 13.8. The van der Waals surface area contributed by atoms with Crippen molar-refractivity contribution in [1.29, 1.82) is 0 Å². The van der Waals surface area contributed by atoms with Crippen LogP contribution in [0, 0.1) is 0 Å². The highest BCUT2D eigenvalue weighted by atomic mass is 16.5. The second-order valence-electron chi connectivity index (χ2n) is 5.66. The maximum absolute atomic E-state index is 5.48. The van der Waals surface area contributed by atoms with Gasteiger partial charge >= 0.3 is 0 Å². The molecule has 1 N–H and O–H groups in total. The van der Waals surface area contributed by atoms with E-state index < -0.39 is 0 Å². The number of nitrogens with zero attached hydrogens (tertiary/aromatic N) is 2. The summed E-state index contributed by atoms with van der Waals surface area (Å²) in [7, 11) is 1.67. The van der Waals surface area contributed by atoms with Crippen LogP contribution in [-0.4, -0.2) is 18.3 Å². The third-order valence-electron chi connectivity index (χ3n) is 4.12. The molecule has 0 bridgehead atoms. The van der Waals surface area contributed by atoms with Gasteiger partial charge in [0.2, 0.25) is 0 Å². The van der Waals surface area contributed by atoms with Crippen LogP contribution in [0.1, 0.15) is 5.56 Å². The lowest BCUT2D eigenvalue weighted by Crippen LogP contribution is -1.96. The number of hydrazone groups is 1. The number of aromatic nitrogens is 1. The fourth-order valence-corrected chi connectivity index (χ4v) is 2.88. The van der Waals surface area contributed by atoms with Gasteiger partial charge in [0.15, 0.2) is 0 Å². The number of hydrogen-bond acceptors (Lipinski definition) is 4. The second-order valence-corrected chi connectivity index (χ2v) is 5.66. The Bertz CT molecular complexity index is 1070. The van der Waals surface area contributed by atoms with Gasteiger partial charge in [-0.15, -0.1) is 0 Å². The Morgan fingerprint density at radius 2 is 1.64 bits per heavy atom. The molecule has 0 saturated heterocycles. The van der Waals surface area contributed by atoms with E-state index in [2.05, 4.69) is 27.6 Å². The first-order valence-corrected chi connectivity index (χ1v) is 8.06. The van der Waals surface area contributed by atoms with Crippen molar-refractivity contribution >= 4 is 33.7 Å². The number of ether oxygens (including phenoxy) is 1. The van der Waals surface area contributed by atoms with Crippen LogP contribution in [0.3, 0.4) is 0 Å². The van der Waals surface area contributed by atoms with Crippen molar-refractivity contribution in [3.8, 4) is 5.75 Å². The maximum atomic E-state index is 5.48. The van der Waals surface area contributed by atoms with Crippen molar-refractivity contribution in [3.63, 3.8) is 0 Å². The summed E-state index contributed by atoms with van der Waals surface area (Å²) in [6.07, 6.45) is 1.78. The Balaban J connectivity index is 1.66. The SMILES string of the molecule is COc1ccc2ccccc2c1/C=N\Nc1ccc2ccccc2n1. The summed E-state index contributed by atoms with van der Waals surface area (Å²) in [4.78, 5) is 4.56. The minimum atomic E-state index is 0.703. The number of benzene rings is 3. The molecule has 0 radical (unpaired) electrons. The average molecular weight is 327 g/mol. The molecule has 0 unspecified atom stereocenters. The molecule has 4 aromatic rings. The molecule has 3 aromatic carbocycles. The molecule has 0 spiro atoms. The van der Waals surface area contributed by atoms with E-state index in [9.17, 15) is 0 Å². The van der Waals surface area contributed by atoms with Crippen molar-refractivity contribution in [2.24, 2.45) is 5.10 Å². The van der Waals surface area contributed by atoms with E-state index in [1.165, 1.54) is 0 Å². The molecule has 1 aromatic heterocycles. The maximum Gasteiger partial charge on any atom is 0.146 e. The predicted molar refractivity (Wildman–Crippen MR) is 103 cm³/mol. The van der Waals surface area contributed by atoms with Gasteiger partial charge in [-0.1, -0.05) is 48.5 Å². The average Bonchev–Trinajstić information content (AvgIpc) is 2.68. The molecular weight excluding hydrogens is 310 g/mol. The molecule has 122 valence electrons. The quantitative estimate of drug-likeness (QED) is 0.431. The number of methoxy groups -OCH3 is 1. The molecule has 0 amide bonds. The molecule has 0 fully saturated rings. The first-order chi connectivity index (χ1) is 12.3. The summed E-state index contributed by atoms with van der Waals surface area (Å²) in [5, 5.41) is 7.71. The largest absolute Gasteiger partial charge is 0.496 e. The Morgan fingerprint density at radius 1 is 0.880 bits per heavy atom. The first kappa shape index (κ1) is 15.1. The van der Waals surface area contributed by atoms with Crippen molar-refractivity contribution in [3.05, 3.63) is 78.4 Å². The molecule has 0 aliphatic heterocycles. The number of nitrogens with one attached hydrogen (secondary N) is 1. The Labute approximate surface area is 145 Å². The van der Waals surface area contributed by atoms with E-state index in [0.717, 1.165) is 33.0 Å². The Hall–Kier alpha value is -3.40. The summed E-state index contributed by atoms with van der Waals surface area (Å²) >= 11 is 0. The van der Waals surface area contributed by atoms with Crippen molar-refractivity contribution in [2.45, 2.75) is 0 Å². The molecule has 0 atom stereocenters. The first-order valence-electron chi connectivity index (χ1n) is 8.06. The highest BCUT2D eigenvalue weighted by Crippen LogP contribution is 2.26. The van der Waals surface area contributed by atoms with Gasteiger partial charge < -0.3 is 4.74 Å². The minimum Gasteiger partial charge on any atom is -0.496 e. The molecule has 0 aliphatic carbocycles. The number of anilines is 1. The number of hydrogen-bond donors (Lipinski definition) is 1. The van der Waals surface area contributed by atoms with Crippen LogP contribution in [0.5, 0.6) is 5.75 Å². The summed E-state index contributed by atoms with van der Waals surface area (Å²) < 4.78 is 5.48. The number of para-hydroxylation sites is 1.